The Balaban J connectivity index is 2.15. The van der Waals surface area contributed by atoms with Crippen LogP contribution in [-0.2, 0) is 9.59 Å². The molecule has 0 fully saturated rings. The number of rotatable bonds is 3. The molecule has 144 valence electrons. The average molecular weight is 401 g/mol. The van der Waals surface area contributed by atoms with Gasteiger partial charge in [0.25, 0.3) is 0 Å². The zero-order chi connectivity index (χ0) is 20.8. The van der Waals surface area contributed by atoms with Crippen LogP contribution in [0.25, 0.3) is 26.8 Å². The van der Waals surface area contributed by atoms with E-state index in [2.05, 4.69) is 0 Å². The largest absolute Gasteiger partial charge is 0.478 e. The summed E-state index contributed by atoms with van der Waals surface area (Å²) in [5, 5.41) is 13.9. The Labute approximate surface area is 172 Å². The summed E-state index contributed by atoms with van der Waals surface area (Å²) in [5.74, 6) is 0.679. The first-order chi connectivity index (χ1) is 13.8. The van der Waals surface area contributed by atoms with Crippen molar-refractivity contribution in [2.75, 3.05) is 0 Å². The van der Waals surface area contributed by atoms with Crippen LogP contribution in [0.5, 0.6) is 0 Å². The number of thiophene rings is 1. The zero-order valence-corrected chi connectivity index (χ0v) is 16.8. The smallest absolute Gasteiger partial charge is 0.337 e. The number of benzene rings is 2. The summed E-state index contributed by atoms with van der Waals surface area (Å²) >= 11 is 1.61. The molecule has 0 amide bonds. The number of carbonyl (C=O) groups excluding carboxylic acids is 1. The molecule has 0 atom stereocenters. The van der Waals surface area contributed by atoms with Gasteiger partial charge in [-0.25, -0.2) is 9.59 Å². The molecule has 0 saturated carbocycles. The third-order valence-electron chi connectivity index (χ3n) is 5.23. The molecule has 0 aliphatic heterocycles. The van der Waals surface area contributed by atoms with Gasteiger partial charge in [-0.3, -0.25) is 0 Å². The molecule has 1 heterocycles. The normalized spacial score (nSPS) is 15.9. The van der Waals surface area contributed by atoms with Crippen molar-refractivity contribution in [2.45, 2.75) is 13.8 Å². The lowest BCUT2D eigenvalue weighted by Crippen LogP contribution is -2.26. The quantitative estimate of drug-likeness (QED) is 0.602. The van der Waals surface area contributed by atoms with E-state index in [1.807, 2.05) is 59.9 Å². The molecule has 3 aromatic rings. The van der Waals surface area contributed by atoms with Gasteiger partial charge in [-0.15, -0.1) is 11.3 Å². The minimum absolute atomic E-state index is 0.0847. The third kappa shape index (κ3) is 3.01. The topological polar surface area (TPSA) is 80.4 Å². The molecule has 0 spiro atoms. The summed E-state index contributed by atoms with van der Waals surface area (Å²) in [6.07, 6.45) is 1.74. The lowest BCUT2D eigenvalue weighted by Gasteiger charge is -2.30. The van der Waals surface area contributed by atoms with E-state index in [-0.39, 0.29) is 11.1 Å². The average Bonchev–Trinajstić information content (AvgIpc) is 3.20. The van der Waals surface area contributed by atoms with Crippen molar-refractivity contribution in [2.24, 2.45) is 11.1 Å². The highest BCUT2D eigenvalue weighted by molar-refractivity contribution is 7.13. The molecule has 0 radical (unpaired) electrons. The molecule has 0 unspecified atom stereocenters. The summed E-state index contributed by atoms with van der Waals surface area (Å²) in [6.45, 7) is 3.53. The number of hydrogen-bond acceptors (Lipinski definition) is 4. The fourth-order valence-corrected chi connectivity index (χ4v) is 4.76. The molecule has 1 aliphatic rings. The standard InChI is InChI=1S/C24H19NO3S/c1-24(2)12-18(25)21(22(23(27)28)17(24)13-26)16-9-4-7-14-6-3-8-15(20(14)16)19-10-5-11-29-19/h3-12H,25H2,1-2H3,(H,27,28). The van der Waals surface area contributed by atoms with Gasteiger partial charge >= 0.3 is 5.97 Å². The van der Waals surface area contributed by atoms with E-state index < -0.39 is 11.4 Å². The van der Waals surface area contributed by atoms with E-state index in [1.165, 1.54) is 0 Å². The first kappa shape index (κ1) is 18.9. The van der Waals surface area contributed by atoms with Gasteiger partial charge in [0.2, 0.25) is 0 Å². The Bertz CT molecular complexity index is 1250. The highest BCUT2D eigenvalue weighted by Gasteiger charge is 2.37. The molecule has 1 aliphatic carbocycles. The van der Waals surface area contributed by atoms with Gasteiger partial charge in [-0.05, 0) is 33.9 Å². The van der Waals surface area contributed by atoms with Crippen LogP contribution >= 0.6 is 11.3 Å². The lowest BCUT2D eigenvalue weighted by atomic mass is 9.72. The highest BCUT2D eigenvalue weighted by atomic mass is 32.1. The van der Waals surface area contributed by atoms with E-state index in [1.54, 1.807) is 31.3 Å². The number of carbonyl (C=O) groups is 1. The molecule has 4 nitrogen and oxygen atoms in total. The van der Waals surface area contributed by atoms with Crippen molar-refractivity contribution < 1.29 is 14.7 Å². The zero-order valence-electron chi connectivity index (χ0n) is 16.0. The first-order valence-electron chi connectivity index (χ1n) is 9.13. The van der Waals surface area contributed by atoms with Gasteiger partial charge in [-0.1, -0.05) is 56.3 Å². The Morgan fingerprint density at radius 3 is 2.34 bits per heavy atom. The van der Waals surface area contributed by atoms with Gasteiger partial charge in [0.1, 0.15) is 5.94 Å². The minimum atomic E-state index is -1.19. The highest BCUT2D eigenvalue weighted by Crippen LogP contribution is 2.45. The molecule has 4 rings (SSSR count). The number of fused-ring (bicyclic) bond motifs is 1. The Morgan fingerprint density at radius 1 is 1.07 bits per heavy atom. The molecular weight excluding hydrogens is 382 g/mol. The van der Waals surface area contributed by atoms with E-state index >= 15 is 0 Å². The van der Waals surface area contributed by atoms with Crippen molar-refractivity contribution >= 4 is 39.6 Å². The Morgan fingerprint density at radius 2 is 1.76 bits per heavy atom. The summed E-state index contributed by atoms with van der Waals surface area (Å²) in [5.41, 5.74) is 8.00. The maximum atomic E-state index is 12.3. The predicted octanol–water partition coefficient (Wildman–Crippen LogP) is 5.05. The number of carboxylic acid groups (broad SMARTS) is 1. The van der Waals surface area contributed by atoms with Gasteiger partial charge in [0.15, 0.2) is 0 Å². The summed E-state index contributed by atoms with van der Waals surface area (Å²) in [4.78, 5) is 25.1. The minimum Gasteiger partial charge on any atom is -0.478 e. The van der Waals surface area contributed by atoms with E-state index in [0.29, 0.717) is 16.8 Å². The molecule has 3 N–H and O–H groups in total. The predicted molar refractivity (Wildman–Crippen MR) is 117 cm³/mol. The molecule has 2 aromatic carbocycles. The fourth-order valence-electron chi connectivity index (χ4n) is 4.00. The number of aliphatic carboxylic acids is 1. The molecule has 0 bridgehead atoms. The number of nitrogens with two attached hydrogens (primary N) is 1. The molecule has 29 heavy (non-hydrogen) atoms. The van der Waals surface area contributed by atoms with Gasteiger partial charge in [0.05, 0.1) is 11.1 Å². The second-order valence-electron chi connectivity index (χ2n) is 7.54. The molecular formula is C24H19NO3S. The van der Waals surface area contributed by atoms with Crippen LogP contribution in [0.3, 0.4) is 0 Å². The van der Waals surface area contributed by atoms with Crippen molar-refractivity contribution in [1.82, 2.24) is 0 Å². The number of allylic oxidation sites excluding steroid dienone is 2. The van der Waals surface area contributed by atoms with Gasteiger partial charge < -0.3 is 10.8 Å². The maximum Gasteiger partial charge on any atom is 0.337 e. The summed E-state index contributed by atoms with van der Waals surface area (Å²) in [7, 11) is 0. The van der Waals surface area contributed by atoms with Crippen LogP contribution in [0.15, 0.2) is 76.8 Å². The molecule has 1 aromatic heterocycles. The van der Waals surface area contributed by atoms with Crippen molar-refractivity contribution in [3.8, 4) is 10.4 Å². The van der Waals surface area contributed by atoms with Crippen LogP contribution in [0, 0.1) is 5.41 Å². The molecule has 0 saturated heterocycles. The third-order valence-corrected chi connectivity index (χ3v) is 6.13. The Kier molecular flexibility index (Phi) is 4.50. The van der Waals surface area contributed by atoms with Crippen LogP contribution in [0.1, 0.15) is 19.4 Å². The summed E-state index contributed by atoms with van der Waals surface area (Å²) < 4.78 is 0. The second-order valence-corrected chi connectivity index (χ2v) is 8.49. The maximum absolute atomic E-state index is 12.3. The van der Waals surface area contributed by atoms with Crippen LogP contribution < -0.4 is 5.73 Å². The Hall–Kier alpha value is -3.40. The SMILES string of the molecule is CC1(C)C=C(N)C(c2cccc3cccc(-c4cccs4)c23)=C(C(=O)O)C1=C=O. The monoisotopic (exact) mass is 401 g/mol. The first-order valence-corrected chi connectivity index (χ1v) is 10.0. The lowest BCUT2D eigenvalue weighted by molar-refractivity contribution is -0.132. The van der Waals surface area contributed by atoms with Crippen molar-refractivity contribution in [3.05, 3.63) is 82.4 Å². The van der Waals surface area contributed by atoms with Crippen LogP contribution in [0.4, 0.5) is 0 Å². The fraction of sp³-hybridized carbons (Fsp3) is 0.125. The van der Waals surface area contributed by atoms with Gasteiger partial charge in [0, 0.05) is 27.1 Å². The number of carboxylic acids is 1. The second kappa shape index (κ2) is 6.89. The van der Waals surface area contributed by atoms with Crippen molar-refractivity contribution in [1.29, 1.82) is 0 Å². The van der Waals surface area contributed by atoms with E-state index in [4.69, 9.17) is 5.73 Å². The van der Waals surface area contributed by atoms with Crippen molar-refractivity contribution in [3.63, 3.8) is 0 Å². The van der Waals surface area contributed by atoms with Crippen LogP contribution in [0.2, 0.25) is 0 Å². The van der Waals surface area contributed by atoms with Gasteiger partial charge in [-0.2, -0.15) is 0 Å². The molecule has 5 heteroatoms. The van der Waals surface area contributed by atoms with E-state index in [0.717, 1.165) is 21.2 Å². The van der Waals surface area contributed by atoms with E-state index in [9.17, 15) is 14.7 Å². The number of hydrogen-bond donors (Lipinski definition) is 2. The van der Waals surface area contributed by atoms with Crippen LogP contribution in [-0.4, -0.2) is 17.0 Å². The summed E-state index contributed by atoms with van der Waals surface area (Å²) in [6, 6.07) is 15.7.